The smallest absolute Gasteiger partial charge is 0.292 e. The molecule has 1 N–H and O–H groups in total. The molecule has 114 valence electrons. The zero-order valence-electron chi connectivity index (χ0n) is 11.3. The Bertz CT molecular complexity index is 775. The van der Waals surface area contributed by atoms with Gasteiger partial charge in [-0.1, -0.05) is 0 Å². The summed E-state index contributed by atoms with van der Waals surface area (Å²) in [6.07, 6.45) is 3.29. The van der Waals surface area contributed by atoms with Crippen LogP contribution in [0.4, 0.5) is 0 Å². The zero-order chi connectivity index (χ0) is 15.7. The maximum absolute atomic E-state index is 12.0. The number of hydrogen-bond donors (Lipinski definition) is 1. The molecular weight excluding hydrogens is 467 g/mol. The van der Waals surface area contributed by atoms with Crippen molar-refractivity contribution in [3.63, 3.8) is 0 Å². The normalized spacial score (nSPS) is 12.9. The summed E-state index contributed by atoms with van der Waals surface area (Å²) in [6, 6.07) is 3.58. The third kappa shape index (κ3) is 3.09. The Morgan fingerprint density at radius 3 is 2.91 bits per heavy atom. The summed E-state index contributed by atoms with van der Waals surface area (Å²) in [7, 11) is 1.76. The number of amides is 1. The summed E-state index contributed by atoms with van der Waals surface area (Å²) in [5.41, 5.74) is 3.56. The molecular formula is C13H10BrIN4O3. The molecule has 1 aromatic carbocycles. The number of ether oxygens (including phenoxy) is 2. The minimum Gasteiger partial charge on any atom is -0.454 e. The predicted molar refractivity (Wildman–Crippen MR) is 91.3 cm³/mol. The number of hydrazone groups is 1. The van der Waals surface area contributed by atoms with Crippen molar-refractivity contribution in [3.8, 4) is 11.5 Å². The summed E-state index contributed by atoms with van der Waals surface area (Å²) in [4.78, 5) is 12.0. The number of aromatic nitrogens is 2. The topological polar surface area (TPSA) is 77.7 Å². The summed E-state index contributed by atoms with van der Waals surface area (Å²) >= 11 is 5.47. The molecule has 0 fully saturated rings. The largest absolute Gasteiger partial charge is 0.454 e. The van der Waals surface area contributed by atoms with Crippen molar-refractivity contribution >= 4 is 50.6 Å². The number of carbonyl (C=O) groups is 1. The van der Waals surface area contributed by atoms with E-state index in [1.807, 2.05) is 0 Å². The van der Waals surface area contributed by atoms with Gasteiger partial charge in [-0.2, -0.15) is 10.2 Å². The number of nitrogens with one attached hydrogen (secondary N) is 1. The first kappa shape index (κ1) is 15.3. The van der Waals surface area contributed by atoms with Crippen LogP contribution >= 0.6 is 38.5 Å². The van der Waals surface area contributed by atoms with Gasteiger partial charge < -0.3 is 9.47 Å². The van der Waals surface area contributed by atoms with E-state index in [0.717, 1.165) is 13.6 Å². The Morgan fingerprint density at radius 1 is 1.50 bits per heavy atom. The first-order chi connectivity index (χ1) is 10.5. The SMILES string of the molecule is Cn1cc(I)c(C(=O)NN=Cc2cc3c(cc2Br)OCO3)n1. The Balaban J connectivity index is 1.72. The van der Waals surface area contributed by atoms with Crippen molar-refractivity contribution < 1.29 is 14.3 Å². The molecule has 1 amide bonds. The second-order valence-electron chi connectivity index (χ2n) is 4.43. The van der Waals surface area contributed by atoms with E-state index in [4.69, 9.17) is 9.47 Å². The molecule has 1 aliphatic rings. The fourth-order valence-electron chi connectivity index (χ4n) is 1.86. The molecule has 0 atom stereocenters. The number of benzene rings is 1. The predicted octanol–water partition coefficient (Wildman–Crippen LogP) is 2.28. The van der Waals surface area contributed by atoms with Gasteiger partial charge in [0.15, 0.2) is 17.2 Å². The highest BCUT2D eigenvalue weighted by Crippen LogP contribution is 2.36. The van der Waals surface area contributed by atoms with Gasteiger partial charge >= 0.3 is 0 Å². The van der Waals surface area contributed by atoms with E-state index in [0.29, 0.717) is 17.2 Å². The van der Waals surface area contributed by atoms with Crippen LogP contribution in [-0.4, -0.2) is 28.7 Å². The molecule has 0 aliphatic carbocycles. The van der Waals surface area contributed by atoms with Crippen LogP contribution in [-0.2, 0) is 7.05 Å². The van der Waals surface area contributed by atoms with Gasteiger partial charge in [0.05, 0.1) is 9.78 Å². The van der Waals surface area contributed by atoms with Gasteiger partial charge in [-0.05, 0) is 50.7 Å². The second-order valence-corrected chi connectivity index (χ2v) is 6.44. The number of aryl methyl sites for hydroxylation is 1. The van der Waals surface area contributed by atoms with E-state index >= 15 is 0 Å². The average Bonchev–Trinajstić information content (AvgIpc) is 3.04. The molecule has 0 saturated heterocycles. The monoisotopic (exact) mass is 476 g/mol. The van der Waals surface area contributed by atoms with Crippen molar-refractivity contribution in [3.05, 3.63) is 37.6 Å². The lowest BCUT2D eigenvalue weighted by atomic mass is 10.2. The van der Waals surface area contributed by atoms with Crippen molar-refractivity contribution in [2.45, 2.75) is 0 Å². The van der Waals surface area contributed by atoms with E-state index in [1.54, 1.807) is 30.1 Å². The second kappa shape index (κ2) is 6.24. The maximum atomic E-state index is 12.0. The van der Waals surface area contributed by atoms with Crippen LogP contribution in [0.5, 0.6) is 11.5 Å². The molecule has 0 unspecified atom stereocenters. The van der Waals surface area contributed by atoms with Crippen LogP contribution in [0.1, 0.15) is 16.1 Å². The number of hydrogen-bond acceptors (Lipinski definition) is 5. The molecule has 0 bridgehead atoms. The van der Waals surface area contributed by atoms with Crippen LogP contribution < -0.4 is 14.9 Å². The van der Waals surface area contributed by atoms with Crippen LogP contribution in [0.2, 0.25) is 0 Å². The van der Waals surface area contributed by atoms with Crippen molar-refractivity contribution in [1.82, 2.24) is 15.2 Å². The molecule has 9 heteroatoms. The minimum atomic E-state index is -0.363. The molecule has 1 aromatic heterocycles. The summed E-state index contributed by atoms with van der Waals surface area (Å²) in [5, 5.41) is 8.03. The Hall–Kier alpha value is -1.62. The molecule has 0 radical (unpaired) electrons. The van der Waals surface area contributed by atoms with E-state index in [2.05, 4.69) is 54.1 Å². The van der Waals surface area contributed by atoms with Gasteiger partial charge in [0.25, 0.3) is 5.91 Å². The van der Waals surface area contributed by atoms with Crippen LogP contribution in [0, 0.1) is 3.57 Å². The van der Waals surface area contributed by atoms with Gasteiger partial charge in [0, 0.05) is 23.3 Å². The van der Waals surface area contributed by atoms with Crippen molar-refractivity contribution in [2.75, 3.05) is 6.79 Å². The number of fused-ring (bicyclic) bond motifs is 1. The quantitative estimate of drug-likeness (QED) is 0.419. The van der Waals surface area contributed by atoms with Gasteiger partial charge in [0.2, 0.25) is 6.79 Å². The summed E-state index contributed by atoms with van der Waals surface area (Å²) < 4.78 is 13.7. The molecule has 0 saturated carbocycles. The van der Waals surface area contributed by atoms with E-state index in [9.17, 15) is 4.79 Å². The zero-order valence-corrected chi connectivity index (χ0v) is 15.1. The molecule has 22 heavy (non-hydrogen) atoms. The standard InChI is InChI=1S/C13H10BrIN4O3/c1-19-5-9(15)12(18-19)13(20)17-16-4-7-2-10-11(3-8(7)14)22-6-21-10/h2-5H,6H2,1H3,(H,17,20). The van der Waals surface area contributed by atoms with E-state index in [-0.39, 0.29) is 12.7 Å². The Labute approximate surface area is 147 Å². The van der Waals surface area contributed by atoms with Gasteiger partial charge in [-0.25, -0.2) is 5.43 Å². The Morgan fingerprint density at radius 2 is 2.23 bits per heavy atom. The molecule has 3 rings (SSSR count). The fraction of sp³-hybridized carbons (Fsp3) is 0.154. The number of halogens is 2. The molecule has 1 aliphatic heterocycles. The first-order valence-corrected chi connectivity index (χ1v) is 8.03. The number of nitrogens with zero attached hydrogens (tertiary/aromatic N) is 3. The fourth-order valence-corrected chi connectivity index (χ4v) is 3.04. The molecule has 2 aromatic rings. The van der Waals surface area contributed by atoms with Crippen LogP contribution in [0.3, 0.4) is 0 Å². The first-order valence-electron chi connectivity index (χ1n) is 6.16. The van der Waals surface area contributed by atoms with Crippen LogP contribution in [0.25, 0.3) is 0 Å². The highest BCUT2D eigenvalue weighted by molar-refractivity contribution is 14.1. The van der Waals surface area contributed by atoms with Crippen molar-refractivity contribution in [2.24, 2.45) is 12.1 Å². The lowest BCUT2D eigenvalue weighted by molar-refractivity contribution is 0.0948. The van der Waals surface area contributed by atoms with Crippen LogP contribution in [0.15, 0.2) is 27.9 Å². The molecule has 7 nitrogen and oxygen atoms in total. The molecule has 0 spiro atoms. The summed E-state index contributed by atoms with van der Waals surface area (Å²) in [5.74, 6) is 0.962. The van der Waals surface area contributed by atoms with E-state index < -0.39 is 0 Å². The number of carbonyl (C=O) groups excluding carboxylic acids is 1. The Kier molecular flexibility index (Phi) is 4.34. The summed E-state index contributed by atoms with van der Waals surface area (Å²) in [6.45, 7) is 0.206. The van der Waals surface area contributed by atoms with Gasteiger partial charge in [-0.3, -0.25) is 9.48 Å². The maximum Gasteiger partial charge on any atom is 0.292 e. The third-order valence-electron chi connectivity index (χ3n) is 2.86. The highest BCUT2D eigenvalue weighted by Gasteiger charge is 2.16. The van der Waals surface area contributed by atoms with Gasteiger partial charge in [-0.15, -0.1) is 0 Å². The van der Waals surface area contributed by atoms with Crippen molar-refractivity contribution in [1.29, 1.82) is 0 Å². The lowest BCUT2D eigenvalue weighted by Crippen LogP contribution is -2.19. The minimum absolute atomic E-state index is 0.206. The van der Waals surface area contributed by atoms with E-state index in [1.165, 1.54) is 6.21 Å². The number of rotatable bonds is 3. The lowest BCUT2D eigenvalue weighted by Gasteiger charge is -2.01. The highest BCUT2D eigenvalue weighted by atomic mass is 127. The third-order valence-corrected chi connectivity index (χ3v) is 4.34. The average molecular weight is 477 g/mol. The molecule has 2 heterocycles. The van der Waals surface area contributed by atoms with Gasteiger partial charge in [0.1, 0.15) is 0 Å².